The summed E-state index contributed by atoms with van der Waals surface area (Å²) in [6, 6.07) is 17.6. The van der Waals surface area contributed by atoms with Gasteiger partial charge in [0, 0.05) is 19.5 Å². The van der Waals surface area contributed by atoms with E-state index in [1.54, 1.807) is 48.5 Å². The Morgan fingerprint density at radius 1 is 0.926 bits per heavy atom. The molecule has 1 aliphatic heterocycles. The molecule has 3 rings (SSSR count). The maximum absolute atomic E-state index is 13.3. The average Bonchev–Trinajstić information content (AvgIpc) is 2.88. The van der Waals surface area contributed by atoms with Gasteiger partial charge in [0.05, 0.1) is 5.69 Å². The van der Waals surface area contributed by atoms with Gasteiger partial charge in [-0.2, -0.15) is 5.01 Å². The number of benzene rings is 2. The highest BCUT2D eigenvalue weighted by molar-refractivity contribution is 6.27. The van der Waals surface area contributed by atoms with E-state index in [9.17, 15) is 14.4 Å². The average molecular weight is 365 g/mol. The van der Waals surface area contributed by atoms with Crippen LogP contribution in [0.15, 0.2) is 65.8 Å². The molecule has 1 atom stereocenters. The van der Waals surface area contributed by atoms with Gasteiger partial charge in [-0.25, -0.2) is 0 Å². The van der Waals surface area contributed by atoms with E-state index in [4.69, 9.17) is 0 Å². The van der Waals surface area contributed by atoms with E-state index >= 15 is 0 Å². The Kier molecular flexibility index (Phi) is 4.89. The predicted octanol–water partition coefficient (Wildman–Crippen LogP) is 1.43. The maximum atomic E-state index is 13.3. The lowest BCUT2D eigenvalue weighted by molar-refractivity contribution is -0.127. The van der Waals surface area contributed by atoms with Gasteiger partial charge in [0.25, 0.3) is 5.66 Å². The molecule has 0 saturated heterocycles. The molecule has 0 fully saturated rings. The van der Waals surface area contributed by atoms with Crippen molar-refractivity contribution in [2.45, 2.75) is 19.5 Å². The van der Waals surface area contributed by atoms with Crippen LogP contribution < -0.4 is 21.0 Å². The summed E-state index contributed by atoms with van der Waals surface area (Å²) in [5, 5.41) is 13.6. The van der Waals surface area contributed by atoms with E-state index in [0.29, 0.717) is 11.4 Å². The highest BCUT2D eigenvalue weighted by Crippen LogP contribution is 2.27. The SMILES string of the molecule is CC(=O)NC1=NN(c2ccccc2)C(=O)C1(NC(C)=O)Nc1ccccc1. The van der Waals surface area contributed by atoms with Gasteiger partial charge in [-0.15, -0.1) is 5.10 Å². The van der Waals surface area contributed by atoms with Crippen molar-refractivity contribution >= 4 is 34.9 Å². The van der Waals surface area contributed by atoms with Crippen LogP contribution in [-0.2, 0) is 14.4 Å². The van der Waals surface area contributed by atoms with Crippen LogP contribution in [0.4, 0.5) is 11.4 Å². The summed E-state index contributed by atoms with van der Waals surface area (Å²) in [6.45, 7) is 2.59. The van der Waals surface area contributed by atoms with Crippen molar-refractivity contribution in [3.05, 3.63) is 60.7 Å². The second kappa shape index (κ2) is 7.28. The van der Waals surface area contributed by atoms with E-state index in [0.717, 1.165) is 5.01 Å². The molecule has 27 heavy (non-hydrogen) atoms. The van der Waals surface area contributed by atoms with Crippen LogP contribution in [0.1, 0.15) is 13.8 Å². The van der Waals surface area contributed by atoms with Crippen molar-refractivity contribution < 1.29 is 14.4 Å². The molecule has 0 saturated carbocycles. The van der Waals surface area contributed by atoms with Crippen LogP contribution >= 0.6 is 0 Å². The molecule has 8 heteroatoms. The Balaban J connectivity index is 2.10. The number of amides is 3. The molecule has 0 aromatic heterocycles. The molecule has 1 aliphatic rings. The lowest BCUT2D eigenvalue weighted by Gasteiger charge is -2.31. The summed E-state index contributed by atoms with van der Waals surface area (Å²) in [4.78, 5) is 37.0. The van der Waals surface area contributed by atoms with Crippen LogP contribution in [0.2, 0.25) is 0 Å². The molecular weight excluding hydrogens is 346 g/mol. The number of anilines is 2. The van der Waals surface area contributed by atoms with Crippen molar-refractivity contribution in [3.63, 3.8) is 0 Å². The number of rotatable bonds is 4. The second-order valence-corrected chi connectivity index (χ2v) is 6.00. The number of hydrogen-bond donors (Lipinski definition) is 3. The molecule has 0 aliphatic carbocycles. The molecule has 2 aromatic carbocycles. The van der Waals surface area contributed by atoms with Gasteiger partial charge in [0.15, 0.2) is 5.84 Å². The standard InChI is InChI=1S/C19H19N5O3/c1-13(25)20-17-19(21-14(2)26,22-15-9-5-3-6-10-15)18(27)24(23-17)16-11-7-4-8-12-16/h3-12,22H,1-2H3,(H,21,26)(H,20,23,25). The first kappa shape index (κ1) is 18.1. The molecule has 0 spiro atoms. The third kappa shape index (κ3) is 3.64. The van der Waals surface area contributed by atoms with E-state index in [1.807, 2.05) is 12.1 Å². The number of nitrogens with zero attached hydrogens (tertiary/aromatic N) is 2. The summed E-state index contributed by atoms with van der Waals surface area (Å²) in [5.74, 6) is -1.43. The summed E-state index contributed by atoms with van der Waals surface area (Å²) in [6.07, 6.45) is 0. The summed E-state index contributed by atoms with van der Waals surface area (Å²) < 4.78 is 0. The number of carbonyl (C=O) groups excluding carboxylic acids is 3. The first-order valence-electron chi connectivity index (χ1n) is 8.30. The van der Waals surface area contributed by atoms with E-state index < -0.39 is 23.4 Å². The quantitative estimate of drug-likeness (QED) is 0.713. The van der Waals surface area contributed by atoms with Crippen LogP contribution in [0, 0.1) is 0 Å². The summed E-state index contributed by atoms with van der Waals surface area (Å²) in [5.41, 5.74) is -0.658. The van der Waals surface area contributed by atoms with Crippen molar-refractivity contribution in [3.8, 4) is 0 Å². The highest BCUT2D eigenvalue weighted by atomic mass is 16.2. The molecule has 1 unspecified atom stereocenters. The zero-order chi connectivity index (χ0) is 19.4. The fourth-order valence-electron chi connectivity index (χ4n) is 2.77. The van der Waals surface area contributed by atoms with Crippen LogP contribution in [0.25, 0.3) is 0 Å². The molecule has 8 nitrogen and oxygen atoms in total. The molecule has 0 bridgehead atoms. The fourth-order valence-corrected chi connectivity index (χ4v) is 2.77. The molecule has 3 amide bonds. The summed E-state index contributed by atoms with van der Waals surface area (Å²) >= 11 is 0. The van der Waals surface area contributed by atoms with E-state index in [1.165, 1.54) is 13.8 Å². The monoisotopic (exact) mass is 365 g/mol. The Labute approximate surface area is 156 Å². The number of para-hydroxylation sites is 2. The minimum Gasteiger partial charge on any atom is -0.348 e. The zero-order valence-corrected chi connectivity index (χ0v) is 14.9. The van der Waals surface area contributed by atoms with Crippen molar-refractivity contribution in [1.82, 2.24) is 10.6 Å². The molecule has 1 heterocycles. The third-order valence-electron chi connectivity index (χ3n) is 3.83. The van der Waals surface area contributed by atoms with Crippen molar-refractivity contribution in [2.75, 3.05) is 10.3 Å². The number of amidine groups is 1. The zero-order valence-electron chi connectivity index (χ0n) is 14.9. The molecular formula is C19H19N5O3. The van der Waals surface area contributed by atoms with Crippen molar-refractivity contribution in [2.24, 2.45) is 5.10 Å². The number of carbonyl (C=O) groups is 3. The van der Waals surface area contributed by atoms with Crippen LogP contribution in [0.5, 0.6) is 0 Å². The van der Waals surface area contributed by atoms with Gasteiger partial charge in [-0.1, -0.05) is 36.4 Å². The highest BCUT2D eigenvalue weighted by Gasteiger charge is 2.53. The largest absolute Gasteiger partial charge is 0.348 e. The van der Waals surface area contributed by atoms with Gasteiger partial charge >= 0.3 is 5.91 Å². The number of nitrogens with one attached hydrogen (secondary N) is 3. The predicted molar refractivity (Wildman–Crippen MR) is 102 cm³/mol. The fraction of sp³-hybridized carbons (Fsp3) is 0.158. The lowest BCUT2D eigenvalue weighted by Crippen LogP contribution is -2.67. The summed E-state index contributed by atoms with van der Waals surface area (Å²) in [7, 11) is 0. The maximum Gasteiger partial charge on any atom is 0.302 e. The molecule has 138 valence electrons. The third-order valence-corrected chi connectivity index (χ3v) is 3.83. The molecule has 0 radical (unpaired) electrons. The molecule has 2 aromatic rings. The Hall–Kier alpha value is -3.68. The van der Waals surface area contributed by atoms with Crippen molar-refractivity contribution in [1.29, 1.82) is 0 Å². The van der Waals surface area contributed by atoms with Gasteiger partial charge in [0.1, 0.15) is 0 Å². The van der Waals surface area contributed by atoms with Gasteiger partial charge in [-0.3, -0.25) is 14.4 Å². The second-order valence-electron chi connectivity index (χ2n) is 6.00. The molecule has 3 N–H and O–H groups in total. The normalized spacial score (nSPS) is 18.7. The van der Waals surface area contributed by atoms with Crippen LogP contribution in [-0.4, -0.2) is 29.2 Å². The van der Waals surface area contributed by atoms with E-state index in [2.05, 4.69) is 21.1 Å². The minimum absolute atomic E-state index is 0.0112. The lowest BCUT2D eigenvalue weighted by atomic mass is 10.1. The Morgan fingerprint density at radius 2 is 1.52 bits per heavy atom. The smallest absolute Gasteiger partial charge is 0.302 e. The number of hydrogen-bond acceptors (Lipinski definition) is 5. The first-order chi connectivity index (χ1) is 12.9. The Morgan fingerprint density at radius 3 is 2.07 bits per heavy atom. The first-order valence-corrected chi connectivity index (χ1v) is 8.30. The minimum atomic E-state index is -1.74. The Bertz CT molecular complexity index is 898. The van der Waals surface area contributed by atoms with Gasteiger partial charge < -0.3 is 16.0 Å². The van der Waals surface area contributed by atoms with Gasteiger partial charge in [0.2, 0.25) is 11.8 Å². The topological polar surface area (TPSA) is 103 Å². The number of hydrazone groups is 1. The van der Waals surface area contributed by atoms with Crippen LogP contribution in [0.3, 0.4) is 0 Å². The van der Waals surface area contributed by atoms with Gasteiger partial charge in [-0.05, 0) is 24.3 Å². The van der Waals surface area contributed by atoms with E-state index in [-0.39, 0.29) is 5.84 Å².